The number of esters is 1. The highest BCUT2D eigenvalue weighted by Gasteiger charge is 2.00. The molecule has 0 fully saturated rings. The SMILES string of the molecule is C=CCOC(=O)CCOCCOCCOCCNC. The van der Waals surface area contributed by atoms with Gasteiger partial charge in [-0.1, -0.05) is 12.7 Å². The van der Waals surface area contributed by atoms with Crippen LogP contribution in [-0.2, 0) is 23.7 Å². The second-order valence-electron chi connectivity index (χ2n) is 3.66. The standard InChI is InChI=1S/C13H25NO5/c1-3-6-19-13(15)4-7-16-9-11-18-12-10-17-8-5-14-2/h3,14H,1,4-12H2,2H3. The van der Waals surface area contributed by atoms with Crippen LogP contribution in [0.1, 0.15) is 6.42 Å². The molecule has 19 heavy (non-hydrogen) atoms. The van der Waals surface area contributed by atoms with Gasteiger partial charge in [-0.15, -0.1) is 0 Å². The van der Waals surface area contributed by atoms with Crippen molar-refractivity contribution in [1.29, 1.82) is 0 Å². The Labute approximate surface area is 115 Å². The molecule has 0 bridgehead atoms. The van der Waals surface area contributed by atoms with Crippen LogP contribution < -0.4 is 5.32 Å². The van der Waals surface area contributed by atoms with E-state index in [1.165, 1.54) is 6.08 Å². The Morgan fingerprint density at radius 3 is 2.21 bits per heavy atom. The molecule has 0 atom stereocenters. The van der Waals surface area contributed by atoms with Crippen molar-refractivity contribution in [3.05, 3.63) is 12.7 Å². The van der Waals surface area contributed by atoms with E-state index in [0.29, 0.717) is 39.6 Å². The number of hydrogen-bond acceptors (Lipinski definition) is 6. The minimum atomic E-state index is -0.279. The lowest BCUT2D eigenvalue weighted by atomic mass is 10.5. The maximum absolute atomic E-state index is 11.1. The van der Waals surface area contributed by atoms with Crippen LogP contribution in [0.4, 0.5) is 0 Å². The summed E-state index contributed by atoms with van der Waals surface area (Å²) in [6.45, 7) is 7.66. The van der Waals surface area contributed by atoms with E-state index in [1.807, 2.05) is 7.05 Å². The molecule has 0 amide bonds. The number of ether oxygens (including phenoxy) is 4. The molecule has 0 saturated carbocycles. The first-order valence-electron chi connectivity index (χ1n) is 6.45. The number of rotatable bonds is 14. The van der Waals surface area contributed by atoms with Gasteiger partial charge < -0.3 is 24.3 Å². The molecule has 0 unspecified atom stereocenters. The first-order chi connectivity index (χ1) is 9.31. The summed E-state index contributed by atoms with van der Waals surface area (Å²) in [5.41, 5.74) is 0. The molecule has 6 heteroatoms. The first-order valence-corrected chi connectivity index (χ1v) is 6.45. The number of nitrogens with one attached hydrogen (secondary N) is 1. The number of carbonyl (C=O) groups excluding carboxylic acids is 1. The zero-order valence-electron chi connectivity index (χ0n) is 11.7. The molecule has 0 saturated heterocycles. The van der Waals surface area contributed by atoms with Crippen LogP contribution in [0.5, 0.6) is 0 Å². The van der Waals surface area contributed by atoms with Crippen molar-refractivity contribution in [2.75, 3.05) is 59.8 Å². The normalized spacial score (nSPS) is 10.4. The molecule has 0 spiro atoms. The fourth-order valence-electron chi connectivity index (χ4n) is 1.10. The van der Waals surface area contributed by atoms with Gasteiger partial charge in [0.25, 0.3) is 0 Å². The van der Waals surface area contributed by atoms with Gasteiger partial charge in [-0.2, -0.15) is 0 Å². The monoisotopic (exact) mass is 275 g/mol. The van der Waals surface area contributed by atoms with Gasteiger partial charge in [-0.25, -0.2) is 0 Å². The molecule has 112 valence electrons. The summed E-state index contributed by atoms with van der Waals surface area (Å²) < 4.78 is 20.6. The van der Waals surface area contributed by atoms with Crippen LogP contribution in [0.15, 0.2) is 12.7 Å². The average molecular weight is 275 g/mol. The third-order valence-corrected chi connectivity index (χ3v) is 2.05. The number of likely N-dealkylation sites (N-methyl/N-ethyl adjacent to an activating group) is 1. The lowest BCUT2D eigenvalue weighted by Gasteiger charge is -2.06. The van der Waals surface area contributed by atoms with Crippen molar-refractivity contribution in [3.63, 3.8) is 0 Å². The Balaban J connectivity index is 3.06. The predicted molar refractivity (Wildman–Crippen MR) is 72.2 cm³/mol. The number of carbonyl (C=O) groups is 1. The summed E-state index contributed by atoms with van der Waals surface area (Å²) in [5, 5.41) is 2.99. The minimum absolute atomic E-state index is 0.246. The molecule has 6 nitrogen and oxygen atoms in total. The quantitative estimate of drug-likeness (QED) is 0.281. The van der Waals surface area contributed by atoms with E-state index >= 15 is 0 Å². The van der Waals surface area contributed by atoms with Crippen molar-refractivity contribution in [3.8, 4) is 0 Å². The van der Waals surface area contributed by atoms with Crippen LogP contribution in [0, 0.1) is 0 Å². The molecular formula is C13H25NO5. The Morgan fingerprint density at radius 1 is 1.05 bits per heavy atom. The molecule has 0 radical (unpaired) electrons. The Morgan fingerprint density at radius 2 is 1.63 bits per heavy atom. The van der Waals surface area contributed by atoms with Crippen LogP contribution >= 0.6 is 0 Å². The van der Waals surface area contributed by atoms with E-state index in [9.17, 15) is 4.79 Å². The summed E-state index contributed by atoms with van der Waals surface area (Å²) >= 11 is 0. The summed E-state index contributed by atoms with van der Waals surface area (Å²) in [7, 11) is 1.88. The zero-order chi connectivity index (χ0) is 14.2. The molecule has 1 N–H and O–H groups in total. The fourth-order valence-corrected chi connectivity index (χ4v) is 1.10. The van der Waals surface area contributed by atoms with Crippen molar-refractivity contribution >= 4 is 5.97 Å². The van der Waals surface area contributed by atoms with E-state index < -0.39 is 0 Å². The van der Waals surface area contributed by atoms with Crippen molar-refractivity contribution in [2.45, 2.75) is 6.42 Å². The molecule has 0 rings (SSSR count). The van der Waals surface area contributed by atoms with Crippen LogP contribution in [0.3, 0.4) is 0 Å². The van der Waals surface area contributed by atoms with Gasteiger partial charge in [-0.3, -0.25) is 4.79 Å². The summed E-state index contributed by atoms with van der Waals surface area (Å²) in [6, 6.07) is 0. The van der Waals surface area contributed by atoms with E-state index in [2.05, 4.69) is 11.9 Å². The van der Waals surface area contributed by atoms with Gasteiger partial charge in [0.1, 0.15) is 6.61 Å². The maximum Gasteiger partial charge on any atom is 0.308 e. The second kappa shape index (κ2) is 15.1. The molecule has 0 aliphatic carbocycles. The van der Waals surface area contributed by atoms with E-state index in [1.54, 1.807) is 0 Å². The highest BCUT2D eigenvalue weighted by molar-refractivity contribution is 5.69. The lowest BCUT2D eigenvalue weighted by Crippen LogP contribution is -2.17. The molecule has 0 heterocycles. The van der Waals surface area contributed by atoms with Gasteiger partial charge in [0.15, 0.2) is 0 Å². The third-order valence-electron chi connectivity index (χ3n) is 2.05. The van der Waals surface area contributed by atoms with Gasteiger partial charge >= 0.3 is 5.97 Å². The molecular weight excluding hydrogens is 250 g/mol. The maximum atomic E-state index is 11.1. The molecule has 0 aromatic heterocycles. The van der Waals surface area contributed by atoms with E-state index in [4.69, 9.17) is 18.9 Å². The van der Waals surface area contributed by atoms with Crippen molar-refractivity contribution in [2.24, 2.45) is 0 Å². The Kier molecular flexibility index (Phi) is 14.4. The first kappa shape index (κ1) is 18.0. The second-order valence-corrected chi connectivity index (χ2v) is 3.66. The Bertz CT molecular complexity index is 223. The van der Waals surface area contributed by atoms with Crippen LogP contribution in [-0.4, -0.2) is 65.8 Å². The topological polar surface area (TPSA) is 66.0 Å². The van der Waals surface area contributed by atoms with Crippen molar-refractivity contribution in [1.82, 2.24) is 5.32 Å². The number of hydrogen-bond donors (Lipinski definition) is 1. The largest absolute Gasteiger partial charge is 0.461 e. The zero-order valence-corrected chi connectivity index (χ0v) is 11.7. The summed E-state index contributed by atoms with van der Waals surface area (Å²) in [6.07, 6.45) is 1.78. The van der Waals surface area contributed by atoms with Gasteiger partial charge in [0, 0.05) is 6.54 Å². The highest BCUT2D eigenvalue weighted by atomic mass is 16.5. The van der Waals surface area contributed by atoms with Crippen LogP contribution in [0.2, 0.25) is 0 Å². The van der Waals surface area contributed by atoms with Crippen molar-refractivity contribution < 1.29 is 23.7 Å². The van der Waals surface area contributed by atoms with E-state index in [0.717, 1.165) is 6.54 Å². The smallest absolute Gasteiger partial charge is 0.308 e. The molecule has 0 aliphatic rings. The highest BCUT2D eigenvalue weighted by Crippen LogP contribution is 1.89. The molecule has 0 aromatic rings. The minimum Gasteiger partial charge on any atom is -0.461 e. The van der Waals surface area contributed by atoms with Gasteiger partial charge in [0.2, 0.25) is 0 Å². The third kappa shape index (κ3) is 15.0. The lowest BCUT2D eigenvalue weighted by molar-refractivity contribution is -0.143. The Hall–Kier alpha value is -0.950. The molecule has 0 aromatic carbocycles. The summed E-state index contributed by atoms with van der Waals surface area (Å²) in [4.78, 5) is 11.1. The summed E-state index contributed by atoms with van der Waals surface area (Å²) in [5.74, 6) is -0.279. The fraction of sp³-hybridized carbons (Fsp3) is 0.769. The van der Waals surface area contributed by atoms with Gasteiger partial charge in [0.05, 0.1) is 46.1 Å². The average Bonchev–Trinajstić information content (AvgIpc) is 2.42. The van der Waals surface area contributed by atoms with Gasteiger partial charge in [-0.05, 0) is 7.05 Å². The van der Waals surface area contributed by atoms with Crippen LogP contribution in [0.25, 0.3) is 0 Å². The van der Waals surface area contributed by atoms with E-state index in [-0.39, 0.29) is 19.0 Å². The molecule has 0 aliphatic heterocycles. The predicted octanol–water partition coefficient (Wildman–Crippen LogP) is 0.375.